The van der Waals surface area contributed by atoms with E-state index in [0.717, 1.165) is 4.31 Å². The Morgan fingerprint density at radius 3 is 2.42 bits per heavy atom. The van der Waals surface area contributed by atoms with Crippen LogP contribution >= 0.6 is 11.6 Å². The molecule has 0 aromatic heterocycles. The van der Waals surface area contributed by atoms with Crippen LogP contribution < -0.4 is 14.4 Å². The third-order valence-electron chi connectivity index (χ3n) is 4.42. The molecule has 0 fully saturated rings. The lowest BCUT2D eigenvalue weighted by atomic mass is 10.2. The molecule has 0 aliphatic heterocycles. The van der Waals surface area contributed by atoms with Crippen molar-refractivity contribution < 1.29 is 22.3 Å². The standard InChI is InChI=1S/C22H20ClFN2O4S/c1-26(18-5-3-2-4-6-18)31(28,29)21-15-16(7-12-20(21)23)22(27)25-13-14-30-19-10-8-17(24)9-11-19/h2-12,15H,13-14H2,1H3,(H,25,27). The van der Waals surface area contributed by atoms with Crippen LogP contribution in [0.1, 0.15) is 10.4 Å². The molecule has 6 nitrogen and oxygen atoms in total. The van der Waals surface area contributed by atoms with Crippen LogP contribution in [0.4, 0.5) is 10.1 Å². The van der Waals surface area contributed by atoms with Crippen molar-refractivity contribution in [1.82, 2.24) is 5.32 Å². The SMILES string of the molecule is CN(c1ccccc1)S(=O)(=O)c1cc(C(=O)NCCOc2ccc(F)cc2)ccc1Cl. The molecule has 0 bridgehead atoms. The number of carbonyl (C=O) groups is 1. The fourth-order valence-electron chi connectivity index (χ4n) is 2.73. The molecule has 0 radical (unpaired) electrons. The van der Waals surface area contributed by atoms with Crippen molar-refractivity contribution in [2.24, 2.45) is 0 Å². The van der Waals surface area contributed by atoms with Gasteiger partial charge in [0.1, 0.15) is 23.1 Å². The molecule has 3 aromatic carbocycles. The first-order valence-electron chi connectivity index (χ1n) is 9.29. The molecule has 3 rings (SSSR count). The Balaban J connectivity index is 1.68. The minimum absolute atomic E-state index is 0.0129. The molecule has 0 atom stereocenters. The molecule has 0 spiro atoms. The van der Waals surface area contributed by atoms with Crippen LogP contribution in [0.25, 0.3) is 0 Å². The van der Waals surface area contributed by atoms with Crippen LogP contribution in [0.5, 0.6) is 5.75 Å². The first-order chi connectivity index (χ1) is 14.8. The minimum atomic E-state index is -3.98. The molecule has 0 saturated carbocycles. The number of anilines is 1. The summed E-state index contributed by atoms with van der Waals surface area (Å²) in [6.07, 6.45) is 0. The van der Waals surface area contributed by atoms with Crippen LogP contribution in [-0.2, 0) is 10.0 Å². The zero-order valence-corrected chi connectivity index (χ0v) is 18.2. The Kier molecular flexibility index (Phi) is 7.14. The zero-order chi connectivity index (χ0) is 22.4. The number of rotatable bonds is 8. The predicted octanol–water partition coefficient (Wildman–Crippen LogP) is 4.11. The Morgan fingerprint density at radius 2 is 1.74 bits per heavy atom. The molecule has 0 saturated heterocycles. The highest BCUT2D eigenvalue weighted by molar-refractivity contribution is 7.93. The summed E-state index contributed by atoms with van der Waals surface area (Å²) in [4.78, 5) is 12.3. The van der Waals surface area contributed by atoms with Crippen molar-refractivity contribution in [3.63, 3.8) is 0 Å². The van der Waals surface area contributed by atoms with Gasteiger partial charge in [0.05, 0.1) is 17.3 Å². The van der Waals surface area contributed by atoms with Crippen molar-refractivity contribution in [3.8, 4) is 5.75 Å². The van der Waals surface area contributed by atoms with Crippen LogP contribution in [0, 0.1) is 5.82 Å². The Morgan fingerprint density at radius 1 is 1.06 bits per heavy atom. The number of para-hydroxylation sites is 1. The van der Waals surface area contributed by atoms with Gasteiger partial charge in [-0.2, -0.15) is 0 Å². The van der Waals surface area contributed by atoms with Gasteiger partial charge in [0.15, 0.2) is 0 Å². The average Bonchev–Trinajstić information content (AvgIpc) is 2.78. The van der Waals surface area contributed by atoms with Gasteiger partial charge in [-0.1, -0.05) is 29.8 Å². The molecule has 0 aliphatic rings. The summed E-state index contributed by atoms with van der Waals surface area (Å²) in [6, 6.07) is 18.1. The van der Waals surface area contributed by atoms with Crippen LogP contribution in [0.15, 0.2) is 77.7 Å². The lowest BCUT2D eigenvalue weighted by Gasteiger charge is -2.20. The summed E-state index contributed by atoms with van der Waals surface area (Å²) < 4.78 is 45.5. The first-order valence-corrected chi connectivity index (χ1v) is 11.1. The molecular formula is C22H20ClFN2O4S. The molecule has 9 heteroatoms. The summed E-state index contributed by atoms with van der Waals surface area (Å²) in [7, 11) is -2.56. The predicted molar refractivity (Wildman–Crippen MR) is 118 cm³/mol. The van der Waals surface area contributed by atoms with Crippen molar-refractivity contribution in [1.29, 1.82) is 0 Å². The van der Waals surface area contributed by atoms with E-state index in [2.05, 4.69) is 5.32 Å². The maximum absolute atomic E-state index is 13.0. The topological polar surface area (TPSA) is 75.7 Å². The second-order valence-electron chi connectivity index (χ2n) is 6.51. The van der Waals surface area contributed by atoms with Gasteiger partial charge >= 0.3 is 0 Å². The molecular weight excluding hydrogens is 443 g/mol. The van der Waals surface area contributed by atoms with Crippen molar-refractivity contribution in [2.75, 3.05) is 24.5 Å². The summed E-state index contributed by atoms with van der Waals surface area (Å²) in [5, 5.41) is 2.66. The largest absolute Gasteiger partial charge is 0.492 e. The van der Waals surface area contributed by atoms with E-state index >= 15 is 0 Å². The van der Waals surface area contributed by atoms with Crippen molar-refractivity contribution in [3.05, 3.63) is 89.2 Å². The first kappa shape index (κ1) is 22.6. The minimum Gasteiger partial charge on any atom is -0.492 e. The number of hydrogen-bond donors (Lipinski definition) is 1. The summed E-state index contributed by atoms with van der Waals surface area (Å²) in [6.45, 7) is 0.331. The monoisotopic (exact) mass is 462 g/mol. The van der Waals surface area contributed by atoms with E-state index in [1.165, 1.54) is 49.5 Å². The van der Waals surface area contributed by atoms with Crippen molar-refractivity contribution in [2.45, 2.75) is 4.90 Å². The summed E-state index contributed by atoms with van der Waals surface area (Å²) >= 11 is 6.14. The second kappa shape index (κ2) is 9.80. The van der Waals surface area contributed by atoms with Gasteiger partial charge in [-0.05, 0) is 54.6 Å². The molecule has 0 unspecified atom stereocenters. The average molecular weight is 463 g/mol. The van der Waals surface area contributed by atoms with Gasteiger partial charge in [-0.3, -0.25) is 9.10 Å². The number of sulfonamides is 1. The van der Waals surface area contributed by atoms with Crippen molar-refractivity contribution >= 4 is 33.2 Å². The van der Waals surface area contributed by atoms with E-state index in [-0.39, 0.29) is 34.5 Å². The summed E-state index contributed by atoms with van der Waals surface area (Å²) in [5.74, 6) is -0.371. The van der Waals surface area contributed by atoms with E-state index in [9.17, 15) is 17.6 Å². The highest BCUT2D eigenvalue weighted by Crippen LogP contribution is 2.28. The summed E-state index contributed by atoms with van der Waals surface area (Å²) in [5.41, 5.74) is 0.609. The van der Waals surface area contributed by atoms with E-state index in [0.29, 0.717) is 11.4 Å². The maximum atomic E-state index is 13.0. The Bertz CT molecular complexity index is 1160. The number of hydrogen-bond acceptors (Lipinski definition) is 4. The van der Waals surface area contributed by atoms with E-state index < -0.39 is 15.9 Å². The second-order valence-corrected chi connectivity index (χ2v) is 8.86. The highest BCUT2D eigenvalue weighted by atomic mass is 35.5. The van der Waals surface area contributed by atoms with Crippen LogP contribution in [-0.4, -0.2) is 34.5 Å². The smallest absolute Gasteiger partial charge is 0.265 e. The van der Waals surface area contributed by atoms with Crippen LogP contribution in [0.3, 0.4) is 0 Å². The zero-order valence-electron chi connectivity index (χ0n) is 16.6. The van der Waals surface area contributed by atoms with Crippen LogP contribution in [0.2, 0.25) is 5.02 Å². The van der Waals surface area contributed by atoms with E-state index in [1.54, 1.807) is 30.3 Å². The quantitative estimate of drug-likeness (QED) is 0.511. The number of nitrogens with one attached hydrogen (secondary N) is 1. The third-order valence-corrected chi connectivity index (χ3v) is 6.69. The molecule has 162 valence electrons. The molecule has 1 amide bonds. The van der Waals surface area contributed by atoms with E-state index in [1.807, 2.05) is 0 Å². The number of amides is 1. The van der Waals surface area contributed by atoms with Gasteiger partial charge in [0.25, 0.3) is 15.9 Å². The van der Waals surface area contributed by atoms with Gasteiger partial charge in [0.2, 0.25) is 0 Å². The van der Waals surface area contributed by atoms with E-state index in [4.69, 9.17) is 16.3 Å². The van der Waals surface area contributed by atoms with Gasteiger partial charge in [-0.15, -0.1) is 0 Å². The number of benzene rings is 3. The Labute approximate surface area is 185 Å². The number of nitrogens with zero attached hydrogens (tertiary/aromatic N) is 1. The number of carbonyl (C=O) groups excluding carboxylic acids is 1. The lowest BCUT2D eigenvalue weighted by molar-refractivity contribution is 0.0947. The maximum Gasteiger partial charge on any atom is 0.265 e. The van der Waals surface area contributed by atoms with Gasteiger partial charge in [0, 0.05) is 12.6 Å². The normalized spacial score (nSPS) is 11.1. The number of halogens is 2. The fraction of sp³-hybridized carbons (Fsp3) is 0.136. The fourth-order valence-corrected chi connectivity index (χ4v) is 4.43. The highest BCUT2D eigenvalue weighted by Gasteiger charge is 2.25. The van der Waals surface area contributed by atoms with Gasteiger partial charge in [-0.25, -0.2) is 12.8 Å². The molecule has 31 heavy (non-hydrogen) atoms. The van der Waals surface area contributed by atoms with Gasteiger partial charge < -0.3 is 10.1 Å². The molecule has 3 aromatic rings. The molecule has 0 aliphatic carbocycles. The molecule has 1 N–H and O–H groups in total. The molecule has 0 heterocycles. The number of ether oxygens (including phenoxy) is 1. The third kappa shape index (κ3) is 5.53. The Hall–Kier alpha value is -3.10. The lowest BCUT2D eigenvalue weighted by Crippen LogP contribution is -2.29.